The molecular weight excluding hydrogens is 180 g/mol. The van der Waals surface area contributed by atoms with Gasteiger partial charge in [-0.1, -0.05) is 27.2 Å². The molecule has 0 fully saturated rings. The summed E-state index contributed by atoms with van der Waals surface area (Å²) >= 11 is 0. The Morgan fingerprint density at radius 2 is 1.93 bits per heavy atom. The lowest BCUT2D eigenvalue weighted by molar-refractivity contribution is 0.292. The fraction of sp³-hybridized carbons (Fsp3) is 0.727. The molecule has 3 nitrogen and oxygen atoms in total. The molecule has 0 amide bonds. The van der Waals surface area contributed by atoms with Crippen molar-refractivity contribution in [1.29, 1.82) is 0 Å². The minimum absolute atomic E-state index is 0.166. The highest BCUT2D eigenvalue weighted by Gasteiger charge is 2.21. The van der Waals surface area contributed by atoms with Gasteiger partial charge in [-0.05, 0) is 18.8 Å². The van der Waals surface area contributed by atoms with Gasteiger partial charge in [0.15, 0.2) is 0 Å². The summed E-state index contributed by atoms with van der Waals surface area (Å²) in [5.41, 5.74) is 0.166. The van der Waals surface area contributed by atoms with Crippen molar-refractivity contribution in [3.8, 4) is 0 Å². The molecule has 0 aliphatic carbocycles. The largest absolute Gasteiger partial charge is 0.519 e. The van der Waals surface area contributed by atoms with Crippen LogP contribution < -0.4 is 5.82 Å². The third kappa shape index (κ3) is 2.76. The molecule has 0 bridgehead atoms. The van der Waals surface area contributed by atoms with Crippen LogP contribution in [0.15, 0.2) is 13.6 Å². The van der Waals surface area contributed by atoms with Crippen LogP contribution in [0.4, 0.5) is 0 Å². The summed E-state index contributed by atoms with van der Waals surface area (Å²) in [6, 6.07) is 0. The monoisotopic (exact) mass is 198 g/mol. The molecule has 14 heavy (non-hydrogen) atoms. The molecule has 0 aromatic carbocycles. The van der Waals surface area contributed by atoms with Gasteiger partial charge in [0.05, 0.1) is 0 Å². The topological polar surface area (TPSA) is 43.4 Å². The van der Waals surface area contributed by atoms with E-state index in [1.165, 1.54) is 0 Å². The van der Waals surface area contributed by atoms with Crippen LogP contribution in [-0.4, -0.2) is 0 Å². The van der Waals surface area contributed by atoms with Gasteiger partial charge in [0.1, 0.15) is 11.5 Å². The molecular formula is C11H18O3. The molecule has 1 rings (SSSR count). The van der Waals surface area contributed by atoms with Gasteiger partial charge in [-0.15, -0.1) is 0 Å². The third-order valence-electron chi connectivity index (χ3n) is 2.40. The van der Waals surface area contributed by atoms with Gasteiger partial charge in [0, 0.05) is 6.42 Å². The lowest BCUT2D eigenvalue weighted by Crippen LogP contribution is -2.14. The smallest absolute Gasteiger partial charge is 0.396 e. The van der Waals surface area contributed by atoms with Gasteiger partial charge < -0.3 is 8.83 Å². The zero-order valence-corrected chi connectivity index (χ0v) is 9.35. The molecule has 80 valence electrons. The van der Waals surface area contributed by atoms with Crippen LogP contribution >= 0.6 is 0 Å². The van der Waals surface area contributed by atoms with Crippen LogP contribution in [0.25, 0.3) is 0 Å². The van der Waals surface area contributed by atoms with Gasteiger partial charge in [-0.25, -0.2) is 4.79 Å². The molecule has 0 radical (unpaired) electrons. The van der Waals surface area contributed by atoms with E-state index in [9.17, 15) is 4.79 Å². The second kappa shape index (κ2) is 4.03. The Hall–Kier alpha value is -0.990. The summed E-state index contributed by atoms with van der Waals surface area (Å²) in [5.74, 6) is 0.706. The number of hydrogen-bond donors (Lipinski definition) is 0. The van der Waals surface area contributed by atoms with E-state index in [4.69, 9.17) is 8.83 Å². The van der Waals surface area contributed by atoms with Gasteiger partial charge in [-0.2, -0.15) is 0 Å². The average Bonchev–Trinajstić information content (AvgIpc) is 2.28. The molecule has 0 N–H and O–H groups in total. The molecule has 1 aromatic rings. The van der Waals surface area contributed by atoms with Gasteiger partial charge >= 0.3 is 5.82 Å². The molecule has 0 aliphatic heterocycles. The van der Waals surface area contributed by atoms with Crippen molar-refractivity contribution in [2.45, 2.75) is 47.0 Å². The Kier molecular flexibility index (Phi) is 3.19. The summed E-state index contributed by atoms with van der Waals surface area (Å²) in [5, 5.41) is 0. The summed E-state index contributed by atoms with van der Waals surface area (Å²) in [6.07, 6.45) is 3.01. The van der Waals surface area contributed by atoms with Crippen LogP contribution in [0.2, 0.25) is 0 Å². The van der Waals surface area contributed by atoms with Crippen molar-refractivity contribution in [3.05, 3.63) is 22.1 Å². The summed E-state index contributed by atoms with van der Waals surface area (Å²) < 4.78 is 9.79. The summed E-state index contributed by atoms with van der Waals surface area (Å²) in [7, 11) is 0. The lowest BCUT2D eigenvalue weighted by atomic mass is 9.83. The van der Waals surface area contributed by atoms with Gasteiger partial charge in [-0.3, -0.25) is 0 Å². The highest BCUT2D eigenvalue weighted by Crippen LogP contribution is 2.28. The van der Waals surface area contributed by atoms with E-state index in [1.54, 1.807) is 6.92 Å². The maximum Gasteiger partial charge on any atom is 0.519 e. The predicted octanol–water partition coefficient (Wildman–Crippen LogP) is 2.91. The van der Waals surface area contributed by atoms with Crippen molar-refractivity contribution in [3.63, 3.8) is 0 Å². The predicted molar refractivity (Wildman–Crippen MR) is 54.4 cm³/mol. The molecule has 1 aromatic heterocycles. The fourth-order valence-corrected chi connectivity index (χ4v) is 1.74. The van der Waals surface area contributed by atoms with Crippen LogP contribution in [0, 0.1) is 12.3 Å². The summed E-state index contributed by atoms with van der Waals surface area (Å²) in [4.78, 5) is 10.8. The molecule has 0 saturated carbocycles. The van der Waals surface area contributed by atoms with E-state index in [2.05, 4.69) is 20.8 Å². The van der Waals surface area contributed by atoms with Crippen molar-refractivity contribution in [2.24, 2.45) is 5.41 Å². The van der Waals surface area contributed by atoms with Gasteiger partial charge in [0.2, 0.25) is 0 Å². The molecule has 1 heterocycles. The minimum atomic E-state index is -0.593. The van der Waals surface area contributed by atoms with Crippen molar-refractivity contribution >= 4 is 0 Å². The molecule has 0 aliphatic rings. The second-order valence-electron chi connectivity index (χ2n) is 4.52. The molecule has 0 spiro atoms. The highest BCUT2D eigenvalue weighted by molar-refractivity contribution is 5.03. The van der Waals surface area contributed by atoms with Crippen molar-refractivity contribution in [2.75, 3.05) is 0 Å². The van der Waals surface area contributed by atoms with E-state index in [0.29, 0.717) is 11.5 Å². The van der Waals surface area contributed by atoms with Crippen molar-refractivity contribution < 1.29 is 8.83 Å². The molecule has 0 unspecified atom stereocenters. The fourth-order valence-electron chi connectivity index (χ4n) is 1.74. The first kappa shape index (κ1) is 11.1. The Labute approximate surface area is 84.1 Å². The minimum Gasteiger partial charge on any atom is -0.396 e. The molecule has 0 saturated heterocycles. The second-order valence-corrected chi connectivity index (χ2v) is 4.52. The standard InChI is InChI=1S/C11H18O3/c1-5-6-11(3,4)7-9-8(2)13-10(12)14-9/h5-7H2,1-4H3. The zero-order valence-electron chi connectivity index (χ0n) is 9.35. The van der Waals surface area contributed by atoms with E-state index >= 15 is 0 Å². The SMILES string of the molecule is CCCC(C)(C)Cc1oc(=O)oc1C. The van der Waals surface area contributed by atoms with Crippen molar-refractivity contribution in [1.82, 2.24) is 0 Å². The van der Waals surface area contributed by atoms with Crippen LogP contribution in [-0.2, 0) is 6.42 Å². The Morgan fingerprint density at radius 1 is 1.29 bits per heavy atom. The van der Waals surface area contributed by atoms with E-state index in [0.717, 1.165) is 19.3 Å². The Bertz CT molecular complexity index is 344. The maximum absolute atomic E-state index is 10.8. The zero-order chi connectivity index (χ0) is 10.8. The van der Waals surface area contributed by atoms with Crippen LogP contribution in [0.1, 0.15) is 45.1 Å². The average molecular weight is 198 g/mol. The number of hydrogen-bond acceptors (Lipinski definition) is 3. The first-order valence-electron chi connectivity index (χ1n) is 5.04. The Morgan fingerprint density at radius 3 is 2.36 bits per heavy atom. The Balaban J connectivity index is 2.77. The highest BCUT2D eigenvalue weighted by atomic mass is 16.6. The number of aryl methyl sites for hydroxylation is 1. The number of rotatable bonds is 4. The first-order chi connectivity index (χ1) is 6.44. The van der Waals surface area contributed by atoms with E-state index in [-0.39, 0.29) is 5.41 Å². The van der Waals surface area contributed by atoms with Crippen LogP contribution in [0.3, 0.4) is 0 Å². The normalized spacial score (nSPS) is 12.0. The lowest BCUT2D eigenvalue weighted by Gasteiger charge is -2.22. The van der Waals surface area contributed by atoms with E-state index < -0.39 is 5.82 Å². The molecule has 3 heteroatoms. The maximum atomic E-state index is 10.8. The molecule has 0 atom stereocenters. The quantitative estimate of drug-likeness (QED) is 0.747. The summed E-state index contributed by atoms with van der Waals surface area (Å²) in [6.45, 7) is 8.26. The van der Waals surface area contributed by atoms with Gasteiger partial charge in [0.25, 0.3) is 0 Å². The first-order valence-corrected chi connectivity index (χ1v) is 5.04. The third-order valence-corrected chi connectivity index (χ3v) is 2.40. The van der Waals surface area contributed by atoms with Crippen LogP contribution in [0.5, 0.6) is 0 Å². The van der Waals surface area contributed by atoms with E-state index in [1.807, 2.05) is 0 Å².